The second-order valence-electron chi connectivity index (χ2n) is 2.10. The summed E-state index contributed by atoms with van der Waals surface area (Å²) in [6.45, 7) is 0. The maximum atomic E-state index is 8.54. The number of rotatable bonds is 2. The van der Waals surface area contributed by atoms with E-state index in [4.69, 9.17) is 14.7 Å². The van der Waals surface area contributed by atoms with Crippen molar-refractivity contribution in [2.24, 2.45) is 0 Å². The zero-order valence-corrected chi connectivity index (χ0v) is 6.92. The molecule has 0 bridgehead atoms. The van der Waals surface area contributed by atoms with Crippen molar-refractivity contribution < 1.29 is 9.47 Å². The Hall–Kier alpha value is -1.69. The van der Waals surface area contributed by atoms with Gasteiger partial charge in [0.15, 0.2) is 11.5 Å². The standard InChI is InChI=1S/C9H8NO2/c1-11-8-4-3-7(6-10)5-9(8)12-2/h4-5H,1-2H3. The van der Waals surface area contributed by atoms with Gasteiger partial charge >= 0.3 is 0 Å². The molecule has 0 saturated carbocycles. The van der Waals surface area contributed by atoms with E-state index in [9.17, 15) is 0 Å². The highest BCUT2D eigenvalue weighted by atomic mass is 16.5. The number of nitriles is 1. The Kier molecular flexibility index (Phi) is 2.54. The van der Waals surface area contributed by atoms with Gasteiger partial charge in [0.2, 0.25) is 0 Å². The summed E-state index contributed by atoms with van der Waals surface area (Å²) in [6, 6.07) is 7.87. The van der Waals surface area contributed by atoms with Gasteiger partial charge in [-0.3, -0.25) is 0 Å². The predicted molar refractivity (Wildman–Crippen MR) is 43.1 cm³/mol. The SMILES string of the molecule is COc1c[c]c(C#N)cc1OC. The molecule has 12 heavy (non-hydrogen) atoms. The lowest BCUT2D eigenvalue weighted by atomic mass is 10.2. The molecule has 0 amide bonds. The van der Waals surface area contributed by atoms with Crippen LogP contribution in [0.5, 0.6) is 11.5 Å². The van der Waals surface area contributed by atoms with Crippen LogP contribution in [0.4, 0.5) is 0 Å². The molecule has 0 heterocycles. The normalized spacial score (nSPS) is 8.75. The predicted octanol–water partition coefficient (Wildman–Crippen LogP) is 1.38. The zero-order valence-electron chi connectivity index (χ0n) is 6.92. The first kappa shape index (κ1) is 8.41. The first-order chi connectivity index (χ1) is 5.81. The molecule has 1 aromatic carbocycles. The quantitative estimate of drug-likeness (QED) is 0.659. The van der Waals surface area contributed by atoms with Gasteiger partial charge < -0.3 is 9.47 Å². The van der Waals surface area contributed by atoms with E-state index in [0.717, 1.165) is 0 Å². The van der Waals surface area contributed by atoms with Crippen LogP contribution >= 0.6 is 0 Å². The molecule has 0 saturated heterocycles. The number of hydrogen-bond acceptors (Lipinski definition) is 3. The summed E-state index contributed by atoms with van der Waals surface area (Å²) in [5, 5.41) is 8.54. The third-order valence-corrected chi connectivity index (χ3v) is 1.44. The average molecular weight is 162 g/mol. The Balaban J connectivity index is 3.13. The van der Waals surface area contributed by atoms with Crippen molar-refractivity contribution in [3.63, 3.8) is 0 Å². The maximum Gasteiger partial charge on any atom is 0.162 e. The Morgan fingerprint density at radius 1 is 1.33 bits per heavy atom. The largest absolute Gasteiger partial charge is 0.493 e. The lowest BCUT2D eigenvalue weighted by Gasteiger charge is -2.05. The van der Waals surface area contributed by atoms with E-state index in [2.05, 4.69) is 6.07 Å². The molecule has 1 rings (SSSR count). The first-order valence-electron chi connectivity index (χ1n) is 3.35. The van der Waals surface area contributed by atoms with Crippen LogP contribution < -0.4 is 9.47 Å². The summed E-state index contributed by atoms with van der Waals surface area (Å²) >= 11 is 0. The molecule has 0 N–H and O–H groups in total. The molecule has 0 unspecified atom stereocenters. The smallest absolute Gasteiger partial charge is 0.162 e. The Morgan fingerprint density at radius 3 is 2.50 bits per heavy atom. The van der Waals surface area contributed by atoms with E-state index in [0.29, 0.717) is 17.1 Å². The minimum atomic E-state index is 0.438. The molecule has 3 nitrogen and oxygen atoms in total. The minimum Gasteiger partial charge on any atom is -0.493 e. The van der Waals surface area contributed by atoms with Crippen molar-refractivity contribution in [3.8, 4) is 17.6 Å². The molecule has 0 aliphatic carbocycles. The Morgan fingerprint density at radius 2 is 2.00 bits per heavy atom. The molecule has 0 aromatic heterocycles. The van der Waals surface area contributed by atoms with Gasteiger partial charge in [-0.1, -0.05) is 0 Å². The Labute approximate surface area is 71.1 Å². The molecule has 0 aliphatic rings. The van der Waals surface area contributed by atoms with Crippen LogP contribution in [0.1, 0.15) is 5.56 Å². The van der Waals surface area contributed by atoms with Crippen molar-refractivity contribution in [1.82, 2.24) is 0 Å². The summed E-state index contributed by atoms with van der Waals surface area (Å²) in [5.41, 5.74) is 0.438. The molecule has 0 spiro atoms. The molecule has 1 aromatic rings. The van der Waals surface area contributed by atoms with Gasteiger partial charge in [-0.05, 0) is 6.07 Å². The van der Waals surface area contributed by atoms with Crippen LogP contribution in [0.25, 0.3) is 0 Å². The molecule has 0 fully saturated rings. The van der Waals surface area contributed by atoms with E-state index in [-0.39, 0.29) is 0 Å². The van der Waals surface area contributed by atoms with Crippen LogP contribution in [-0.4, -0.2) is 14.2 Å². The summed E-state index contributed by atoms with van der Waals surface area (Å²) in [6.07, 6.45) is 0. The lowest BCUT2D eigenvalue weighted by molar-refractivity contribution is 0.355. The van der Waals surface area contributed by atoms with Gasteiger partial charge in [-0.15, -0.1) is 0 Å². The van der Waals surface area contributed by atoms with E-state index in [1.165, 1.54) is 14.2 Å². The number of ether oxygens (including phenoxy) is 2. The number of nitrogens with zero attached hydrogens (tertiary/aromatic N) is 1. The second kappa shape index (κ2) is 3.63. The lowest BCUT2D eigenvalue weighted by Crippen LogP contribution is -1.90. The number of benzene rings is 1. The van der Waals surface area contributed by atoms with E-state index in [1.54, 1.807) is 12.1 Å². The monoisotopic (exact) mass is 162 g/mol. The third kappa shape index (κ3) is 1.48. The van der Waals surface area contributed by atoms with Crippen molar-refractivity contribution in [1.29, 1.82) is 5.26 Å². The van der Waals surface area contributed by atoms with Gasteiger partial charge in [0.1, 0.15) is 0 Å². The first-order valence-corrected chi connectivity index (χ1v) is 3.35. The van der Waals surface area contributed by atoms with Gasteiger partial charge in [0, 0.05) is 12.1 Å². The van der Waals surface area contributed by atoms with Crippen molar-refractivity contribution >= 4 is 0 Å². The second-order valence-corrected chi connectivity index (χ2v) is 2.10. The molecule has 0 atom stereocenters. The van der Waals surface area contributed by atoms with Gasteiger partial charge in [-0.25, -0.2) is 0 Å². The summed E-state index contributed by atoms with van der Waals surface area (Å²) in [5.74, 6) is 1.13. The van der Waals surface area contributed by atoms with Crippen molar-refractivity contribution in [2.45, 2.75) is 0 Å². The van der Waals surface area contributed by atoms with Crippen LogP contribution in [0.3, 0.4) is 0 Å². The summed E-state index contributed by atoms with van der Waals surface area (Å²) in [7, 11) is 3.07. The minimum absolute atomic E-state index is 0.438. The molecular weight excluding hydrogens is 154 g/mol. The fraction of sp³-hybridized carbons (Fsp3) is 0.222. The average Bonchev–Trinajstić information content (AvgIpc) is 2.16. The molecule has 1 radical (unpaired) electrons. The van der Waals surface area contributed by atoms with Gasteiger partial charge in [-0.2, -0.15) is 5.26 Å². The summed E-state index contributed by atoms with van der Waals surface area (Å²) in [4.78, 5) is 0. The fourth-order valence-corrected chi connectivity index (χ4v) is 0.842. The van der Waals surface area contributed by atoms with Crippen LogP contribution in [0.15, 0.2) is 12.1 Å². The highest BCUT2D eigenvalue weighted by Crippen LogP contribution is 2.26. The van der Waals surface area contributed by atoms with E-state index >= 15 is 0 Å². The van der Waals surface area contributed by atoms with Gasteiger partial charge in [0.05, 0.1) is 25.9 Å². The maximum absolute atomic E-state index is 8.54. The molecule has 0 aliphatic heterocycles. The molecular formula is C9H8NO2. The van der Waals surface area contributed by atoms with E-state index in [1.807, 2.05) is 6.07 Å². The van der Waals surface area contributed by atoms with Crippen LogP contribution in [0, 0.1) is 17.4 Å². The Bertz CT molecular complexity index is 315. The third-order valence-electron chi connectivity index (χ3n) is 1.44. The highest BCUT2D eigenvalue weighted by molar-refractivity contribution is 5.45. The van der Waals surface area contributed by atoms with Crippen LogP contribution in [-0.2, 0) is 0 Å². The summed E-state index contributed by atoms with van der Waals surface area (Å²) < 4.78 is 9.95. The van der Waals surface area contributed by atoms with Crippen molar-refractivity contribution in [3.05, 3.63) is 23.8 Å². The fourth-order valence-electron chi connectivity index (χ4n) is 0.842. The van der Waals surface area contributed by atoms with Gasteiger partial charge in [0.25, 0.3) is 0 Å². The topological polar surface area (TPSA) is 42.2 Å². The number of methoxy groups -OCH3 is 2. The number of hydrogen-bond donors (Lipinski definition) is 0. The van der Waals surface area contributed by atoms with Crippen molar-refractivity contribution in [2.75, 3.05) is 14.2 Å². The molecule has 61 valence electrons. The highest BCUT2D eigenvalue weighted by Gasteiger charge is 2.03. The van der Waals surface area contributed by atoms with E-state index < -0.39 is 0 Å². The van der Waals surface area contributed by atoms with Crippen LogP contribution in [0.2, 0.25) is 0 Å². The molecule has 3 heteroatoms. The zero-order chi connectivity index (χ0) is 8.97.